The molecule has 0 unspecified atom stereocenters. The summed E-state index contributed by atoms with van der Waals surface area (Å²) in [5.41, 5.74) is 6.90. The number of aromatic amines is 2. The average Bonchev–Trinajstić information content (AvgIpc) is 3.50. The Morgan fingerprint density at radius 1 is 1.19 bits per heavy atom. The molecule has 0 aliphatic carbocycles. The molecular formula is C26H30N6O3S. The number of nitrogens with one attached hydrogen (secondary N) is 3. The number of H-pyrrole nitrogens is 2. The van der Waals surface area contributed by atoms with Crippen molar-refractivity contribution in [1.29, 1.82) is 0 Å². The maximum absolute atomic E-state index is 11.3. The SMILES string of the molecule is CCc1cc(O)ccc1-c1ccc2c(-c3nc(C4=CCCN(CCNS(C)(=O)=O)C4)c[nH]3)n[nH]c2c1. The number of hydrogen-bond donors (Lipinski definition) is 4. The molecule has 0 atom stereocenters. The van der Waals surface area contributed by atoms with Gasteiger partial charge in [0.2, 0.25) is 10.0 Å². The second kappa shape index (κ2) is 9.88. The first-order chi connectivity index (χ1) is 17.3. The number of nitrogens with zero attached hydrogens (tertiary/aromatic N) is 3. The summed E-state index contributed by atoms with van der Waals surface area (Å²) in [6, 6.07) is 11.7. The number of aromatic nitrogens is 4. The number of phenols is 1. The van der Waals surface area contributed by atoms with Crippen molar-refractivity contribution < 1.29 is 13.5 Å². The van der Waals surface area contributed by atoms with E-state index in [9.17, 15) is 13.5 Å². The Balaban J connectivity index is 1.35. The van der Waals surface area contributed by atoms with Crippen LogP contribution in [-0.2, 0) is 16.4 Å². The third-order valence-corrected chi connectivity index (χ3v) is 7.23. The van der Waals surface area contributed by atoms with Gasteiger partial charge in [-0.15, -0.1) is 0 Å². The summed E-state index contributed by atoms with van der Waals surface area (Å²) in [5.74, 6) is 0.968. The first-order valence-electron chi connectivity index (χ1n) is 12.0. The number of benzene rings is 2. The maximum atomic E-state index is 11.3. The monoisotopic (exact) mass is 506 g/mol. The van der Waals surface area contributed by atoms with Crippen LogP contribution in [0.2, 0.25) is 0 Å². The molecule has 5 rings (SSSR count). The lowest BCUT2D eigenvalue weighted by Crippen LogP contribution is -2.37. The molecule has 2 aromatic heterocycles. The Kier molecular flexibility index (Phi) is 6.65. The first-order valence-corrected chi connectivity index (χ1v) is 13.9. The van der Waals surface area contributed by atoms with Crippen molar-refractivity contribution >= 4 is 26.5 Å². The van der Waals surface area contributed by atoms with Gasteiger partial charge < -0.3 is 10.1 Å². The zero-order chi connectivity index (χ0) is 25.3. The molecule has 4 aromatic rings. The summed E-state index contributed by atoms with van der Waals surface area (Å²) in [6.45, 7) is 4.72. The van der Waals surface area contributed by atoms with Gasteiger partial charge in [0.25, 0.3) is 0 Å². The minimum Gasteiger partial charge on any atom is -0.508 e. The molecule has 0 saturated carbocycles. The van der Waals surface area contributed by atoms with Crippen LogP contribution in [-0.4, -0.2) is 71.0 Å². The highest BCUT2D eigenvalue weighted by molar-refractivity contribution is 7.88. The van der Waals surface area contributed by atoms with Crippen LogP contribution >= 0.6 is 0 Å². The van der Waals surface area contributed by atoms with Crippen molar-refractivity contribution in [3.63, 3.8) is 0 Å². The summed E-state index contributed by atoms with van der Waals surface area (Å²) in [6.07, 6.45) is 6.99. The Morgan fingerprint density at radius 3 is 2.86 bits per heavy atom. The van der Waals surface area contributed by atoms with Crippen LogP contribution in [0.25, 0.3) is 39.1 Å². The zero-order valence-corrected chi connectivity index (χ0v) is 21.2. The summed E-state index contributed by atoms with van der Waals surface area (Å²) >= 11 is 0. The smallest absolute Gasteiger partial charge is 0.208 e. The first kappa shape index (κ1) is 24.2. The molecule has 3 heterocycles. The van der Waals surface area contributed by atoms with Gasteiger partial charge in [0.05, 0.1) is 17.5 Å². The Labute approximate surface area is 210 Å². The minimum atomic E-state index is -3.18. The van der Waals surface area contributed by atoms with Crippen LogP contribution < -0.4 is 4.72 Å². The molecule has 4 N–H and O–H groups in total. The number of imidazole rings is 1. The molecule has 0 fully saturated rings. The number of aromatic hydroxyl groups is 1. The Bertz CT molecular complexity index is 1540. The van der Waals surface area contributed by atoms with Gasteiger partial charge in [-0.1, -0.05) is 25.1 Å². The van der Waals surface area contributed by atoms with Gasteiger partial charge in [-0.25, -0.2) is 18.1 Å². The van der Waals surface area contributed by atoms with Gasteiger partial charge in [0.15, 0.2) is 5.82 Å². The maximum Gasteiger partial charge on any atom is 0.208 e. The number of rotatable bonds is 8. The van der Waals surface area contributed by atoms with Crippen molar-refractivity contribution in [2.24, 2.45) is 0 Å². The summed E-state index contributed by atoms with van der Waals surface area (Å²) < 4.78 is 25.2. The van der Waals surface area contributed by atoms with Gasteiger partial charge in [0, 0.05) is 37.8 Å². The van der Waals surface area contributed by atoms with Crippen molar-refractivity contribution in [3.8, 4) is 28.4 Å². The fourth-order valence-corrected chi connectivity index (χ4v) is 5.16. The summed E-state index contributed by atoms with van der Waals surface area (Å²) in [7, 11) is -3.18. The Morgan fingerprint density at radius 2 is 2.06 bits per heavy atom. The number of fused-ring (bicyclic) bond motifs is 1. The molecule has 0 spiro atoms. The number of aryl methyl sites for hydroxylation is 1. The zero-order valence-electron chi connectivity index (χ0n) is 20.4. The normalized spacial score (nSPS) is 14.9. The second-order valence-corrected chi connectivity index (χ2v) is 11.0. The van der Waals surface area contributed by atoms with Crippen LogP contribution in [0.4, 0.5) is 0 Å². The quantitative estimate of drug-likeness (QED) is 0.290. The summed E-state index contributed by atoms with van der Waals surface area (Å²) in [5, 5.41) is 18.5. The fourth-order valence-electron chi connectivity index (χ4n) is 4.70. The van der Waals surface area contributed by atoms with E-state index in [1.807, 2.05) is 24.4 Å². The van der Waals surface area contributed by atoms with Gasteiger partial charge in [-0.05, 0) is 59.4 Å². The predicted molar refractivity (Wildman–Crippen MR) is 142 cm³/mol. The van der Waals surface area contributed by atoms with E-state index in [1.165, 1.54) is 6.26 Å². The highest BCUT2D eigenvalue weighted by Crippen LogP contribution is 2.32. The molecule has 188 valence electrons. The van der Waals surface area contributed by atoms with Crippen LogP contribution in [0.15, 0.2) is 48.7 Å². The molecule has 0 radical (unpaired) electrons. The molecule has 2 aromatic carbocycles. The highest BCUT2D eigenvalue weighted by Gasteiger charge is 2.19. The predicted octanol–water partition coefficient (Wildman–Crippen LogP) is 3.53. The number of sulfonamides is 1. The fraction of sp³-hybridized carbons (Fsp3) is 0.308. The molecule has 1 aliphatic heterocycles. The largest absolute Gasteiger partial charge is 0.508 e. The Hall–Kier alpha value is -3.47. The third kappa shape index (κ3) is 5.20. The lowest BCUT2D eigenvalue weighted by Gasteiger charge is -2.26. The average molecular weight is 507 g/mol. The van der Waals surface area contributed by atoms with Crippen molar-refractivity contribution in [2.45, 2.75) is 19.8 Å². The lowest BCUT2D eigenvalue weighted by atomic mass is 9.97. The van der Waals surface area contributed by atoms with Crippen molar-refractivity contribution in [2.75, 3.05) is 32.4 Å². The topological polar surface area (TPSA) is 127 Å². The van der Waals surface area contributed by atoms with E-state index in [-0.39, 0.29) is 5.75 Å². The molecule has 1 aliphatic rings. The van der Waals surface area contributed by atoms with E-state index in [0.29, 0.717) is 25.5 Å². The van der Waals surface area contributed by atoms with Crippen LogP contribution in [0.5, 0.6) is 5.75 Å². The van der Waals surface area contributed by atoms with Crippen LogP contribution in [0.3, 0.4) is 0 Å². The van der Waals surface area contributed by atoms with E-state index in [1.54, 1.807) is 6.07 Å². The van der Waals surface area contributed by atoms with E-state index in [2.05, 4.69) is 49.9 Å². The number of hydrogen-bond acceptors (Lipinski definition) is 6. The summed E-state index contributed by atoms with van der Waals surface area (Å²) in [4.78, 5) is 10.3. The van der Waals surface area contributed by atoms with Gasteiger partial charge in [-0.2, -0.15) is 5.10 Å². The lowest BCUT2D eigenvalue weighted by molar-refractivity contribution is 0.309. The molecule has 0 bridgehead atoms. The van der Waals surface area contributed by atoms with Crippen LogP contribution in [0, 0.1) is 0 Å². The number of phenolic OH excluding ortho intramolecular Hbond substituents is 1. The van der Waals surface area contributed by atoms with E-state index in [0.717, 1.165) is 63.9 Å². The molecule has 36 heavy (non-hydrogen) atoms. The van der Waals surface area contributed by atoms with Crippen molar-refractivity contribution in [1.82, 2.24) is 29.8 Å². The molecule has 10 heteroatoms. The van der Waals surface area contributed by atoms with E-state index < -0.39 is 10.0 Å². The second-order valence-electron chi connectivity index (χ2n) is 9.12. The molecule has 0 saturated heterocycles. The van der Waals surface area contributed by atoms with Crippen LogP contribution in [0.1, 0.15) is 24.6 Å². The third-order valence-electron chi connectivity index (χ3n) is 6.50. The molecular weight excluding hydrogens is 476 g/mol. The van der Waals surface area contributed by atoms with Gasteiger partial charge in [-0.3, -0.25) is 10.00 Å². The highest BCUT2D eigenvalue weighted by atomic mass is 32.2. The van der Waals surface area contributed by atoms with Crippen molar-refractivity contribution in [3.05, 3.63) is 59.9 Å². The van der Waals surface area contributed by atoms with E-state index in [4.69, 9.17) is 4.98 Å². The van der Waals surface area contributed by atoms with E-state index >= 15 is 0 Å². The molecule has 9 nitrogen and oxygen atoms in total. The van der Waals surface area contributed by atoms with Gasteiger partial charge >= 0.3 is 0 Å². The van der Waals surface area contributed by atoms with Gasteiger partial charge in [0.1, 0.15) is 11.4 Å². The standard InChI is InChI=1S/C26H30N6O3S/c1-3-17-13-20(33)7-9-21(17)18-6-8-22-23(14-18)30-31-25(22)26-27-15-24(29-26)19-5-4-11-32(16-19)12-10-28-36(2,34)35/h5-9,13-15,28,33H,3-4,10-12,16H2,1-2H3,(H,27,29)(H,30,31). The molecule has 0 amide bonds. The minimum absolute atomic E-state index is 0.274.